The Morgan fingerprint density at radius 2 is 2.22 bits per heavy atom. The zero-order valence-electron chi connectivity index (χ0n) is 5.68. The molecule has 54 valence electrons. The highest BCUT2D eigenvalue weighted by atomic mass is 79.9. The van der Waals surface area contributed by atoms with Crippen molar-refractivity contribution >= 4 is 15.9 Å². The number of aliphatic hydroxyl groups is 1. The van der Waals surface area contributed by atoms with Gasteiger partial charge in [-0.25, -0.2) is 0 Å². The summed E-state index contributed by atoms with van der Waals surface area (Å²) in [6.07, 6.45) is 2.38. The SMILES string of the molecule is C[C@H]1C[C@@H](Br)C[C@@H]1CO. The van der Waals surface area contributed by atoms with Gasteiger partial charge < -0.3 is 5.11 Å². The number of alkyl halides is 1. The van der Waals surface area contributed by atoms with E-state index in [2.05, 4.69) is 22.9 Å². The molecule has 2 heteroatoms. The van der Waals surface area contributed by atoms with Gasteiger partial charge in [-0.3, -0.25) is 0 Å². The van der Waals surface area contributed by atoms with Crippen molar-refractivity contribution in [2.45, 2.75) is 24.6 Å². The van der Waals surface area contributed by atoms with Crippen molar-refractivity contribution in [2.24, 2.45) is 11.8 Å². The lowest BCUT2D eigenvalue weighted by Crippen LogP contribution is -2.07. The second-order valence-electron chi connectivity index (χ2n) is 2.99. The van der Waals surface area contributed by atoms with Gasteiger partial charge in [-0.05, 0) is 24.7 Å². The molecule has 1 N–H and O–H groups in total. The van der Waals surface area contributed by atoms with Crippen molar-refractivity contribution in [3.8, 4) is 0 Å². The molecule has 1 aliphatic carbocycles. The number of hydrogen-bond donors (Lipinski definition) is 1. The molecule has 1 nitrogen and oxygen atoms in total. The van der Waals surface area contributed by atoms with Crippen LogP contribution in [0.2, 0.25) is 0 Å². The Morgan fingerprint density at radius 1 is 1.56 bits per heavy atom. The smallest absolute Gasteiger partial charge is 0.0462 e. The van der Waals surface area contributed by atoms with Gasteiger partial charge in [0.05, 0.1) is 0 Å². The molecule has 0 heterocycles. The quantitative estimate of drug-likeness (QED) is 0.629. The number of halogens is 1. The fourth-order valence-electron chi connectivity index (χ4n) is 1.51. The zero-order valence-corrected chi connectivity index (χ0v) is 7.26. The van der Waals surface area contributed by atoms with E-state index in [1.54, 1.807) is 0 Å². The van der Waals surface area contributed by atoms with Gasteiger partial charge in [0.25, 0.3) is 0 Å². The summed E-state index contributed by atoms with van der Waals surface area (Å²) in [4.78, 5) is 0.657. The second kappa shape index (κ2) is 3.02. The van der Waals surface area contributed by atoms with Gasteiger partial charge in [-0.2, -0.15) is 0 Å². The summed E-state index contributed by atoms with van der Waals surface area (Å²) in [5, 5.41) is 8.83. The van der Waals surface area contributed by atoms with E-state index in [1.165, 1.54) is 6.42 Å². The third kappa shape index (κ3) is 1.68. The van der Waals surface area contributed by atoms with Crippen LogP contribution in [0.25, 0.3) is 0 Å². The van der Waals surface area contributed by atoms with Gasteiger partial charge in [0, 0.05) is 11.4 Å². The first-order chi connectivity index (χ1) is 4.24. The topological polar surface area (TPSA) is 20.2 Å². The molecule has 0 radical (unpaired) electrons. The van der Waals surface area contributed by atoms with Crippen LogP contribution in [-0.4, -0.2) is 16.5 Å². The molecule has 0 aromatic carbocycles. The molecule has 0 spiro atoms. The van der Waals surface area contributed by atoms with E-state index in [1.807, 2.05) is 0 Å². The molecular formula is C7H13BrO. The predicted octanol–water partition coefficient (Wildman–Crippen LogP) is 1.79. The average molecular weight is 193 g/mol. The largest absolute Gasteiger partial charge is 0.396 e. The summed E-state index contributed by atoms with van der Waals surface area (Å²) in [5.74, 6) is 1.26. The van der Waals surface area contributed by atoms with Crippen molar-refractivity contribution < 1.29 is 5.11 Å². The summed E-state index contributed by atoms with van der Waals surface area (Å²) in [6.45, 7) is 2.57. The van der Waals surface area contributed by atoms with Crippen molar-refractivity contribution in [3.05, 3.63) is 0 Å². The van der Waals surface area contributed by atoms with E-state index in [9.17, 15) is 0 Å². The highest BCUT2D eigenvalue weighted by Gasteiger charge is 2.28. The Bertz CT molecular complexity index is 94.9. The molecule has 0 unspecified atom stereocenters. The molecule has 0 aromatic heterocycles. The predicted molar refractivity (Wildman–Crippen MR) is 41.7 cm³/mol. The molecule has 1 aliphatic rings. The number of aliphatic hydroxyl groups excluding tert-OH is 1. The Kier molecular flexibility index (Phi) is 2.53. The number of hydrogen-bond acceptors (Lipinski definition) is 1. The minimum Gasteiger partial charge on any atom is -0.396 e. The second-order valence-corrected chi connectivity index (χ2v) is 4.28. The third-order valence-electron chi connectivity index (χ3n) is 2.23. The van der Waals surface area contributed by atoms with E-state index in [0.717, 1.165) is 6.42 Å². The summed E-state index contributed by atoms with van der Waals surface area (Å²) in [6, 6.07) is 0. The summed E-state index contributed by atoms with van der Waals surface area (Å²) in [5.41, 5.74) is 0. The Morgan fingerprint density at radius 3 is 2.44 bits per heavy atom. The average Bonchev–Trinajstić information content (AvgIpc) is 2.10. The molecule has 0 amide bonds. The molecule has 1 saturated carbocycles. The minimum absolute atomic E-state index is 0.364. The van der Waals surface area contributed by atoms with Crippen molar-refractivity contribution in [1.29, 1.82) is 0 Å². The van der Waals surface area contributed by atoms with Crippen LogP contribution < -0.4 is 0 Å². The Balaban J connectivity index is 2.38. The monoisotopic (exact) mass is 192 g/mol. The molecule has 0 bridgehead atoms. The van der Waals surface area contributed by atoms with E-state index in [-0.39, 0.29) is 0 Å². The highest BCUT2D eigenvalue weighted by Crippen LogP contribution is 2.35. The first-order valence-electron chi connectivity index (χ1n) is 3.49. The summed E-state index contributed by atoms with van der Waals surface area (Å²) in [7, 11) is 0. The molecule has 0 aromatic rings. The fraction of sp³-hybridized carbons (Fsp3) is 1.00. The van der Waals surface area contributed by atoms with Crippen LogP contribution >= 0.6 is 15.9 Å². The minimum atomic E-state index is 0.364. The fourth-order valence-corrected chi connectivity index (χ4v) is 2.58. The standard InChI is InChI=1S/C7H13BrO/c1-5-2-7(8)3-6(5)4-9/h5-7,9H,2-4H2,1H3/t5-,6+,7+/m0/s1. The molecular weight excluding hydrogens is 180 g/mol. The maximum Gasteiger partial charge on any atom is 0.0462 e. The van der Waals surface area contributed by atoms with Crippen LogP contribution in [0, 0.1) is 11.8 Å². The summed E-state index contributed by atoms with van der Waals surface area (Å²) >= 11 is 3.55. The lowest BCUT2D eigenvalue weighted by Gasteiger charge is -2.09. The van der Waals surface area contributed by atoms with Crippen LogP contribution in [-0.2, 0) is 0 Å². The lowest BCUT2D eigenvalue weighted by molar-refractivity contribution is 0.201. The van der Waals surface area contributed by atoms with Crippen molar-refractivity contribution in [2.75, 3.05) is 6.61 Å². The van der Waals surface area contributed by atoms with Crippen LogP contribution in [0.3, 0.4) is 0 Å². The lowest BCUT2D eigenvalue weighted by atomic mass is 10.00. The van der Waals surface area contributed by atoms with Crippen LogP contribution in [0.15, 0.2) is 0 Å². The van der Waals surface area contributed by atoms with E-state index in [0.29, 0.717) is 23.3 Å². The maximum absolute atomic E-state index is 8.83. The zero-order chi connectivity index (χ0) is 6.85. The molecule has 1 rings (SSSR count). The normalized spacial score (nSPS) is 43.7. The van der Waals surface area contributed by atoms with Gasteiger partial charge in [-0.15, -0.1) is 0 Å². The van der Waals surface area contributed by atoms with E-state index in [4.69, 9.17) is 5.11 Å². The van der Waals surface area contributed by atoms with E-state index >= 15 is 0 Å². The summed E-state index contributed by atoms with van der Waals surface area (Å²) < 4.78 is 0. The Hall–Kier alpha value is 0.440. The van der Waals surface area contributed by atoms with Crippen LogP contribution in [0.1, 0.15) is 19.8 Å². The van der Waals surface area contributed by atoms with Gasteiger partial charge in [-0.1, -0.05) is 22.9 Å². The van der Waals surface area contributed by atoms with Gasteiger partial charge in [0.2, 0.25) is 0 Å². The molecule has 0 saturated heterocycles. The van der Waals surface area contributed by atoms with Crippen LogP contribution in [0.5, 0.6) is 0 Å². The maximum atomic E-state index is 8.83. The Labute approximate surface area is 64.6 Å². The molecule has 9 heavy (non-hydrogen) atoms. The molecule has 1 fully saturated rings. The van der Waals surface area contributed by atoms with E-state index < -0.39 is 0 Å². The third-order valence-corrected chi connectivity index (χ3v) is 2.97. The van der Waals surface area contributed by atoms with Gasteiger partial charge >= 0.3 is 0 Å². The molecule has 3 atom stereocenters. The highest BCUT2D eigenvalue weighted by molar-refractivity contribution is 9.09. The van der Waals surface area contributed by atoms with Gasteiger partial charge in [0.15, 0.2) is 0 Å². The van der Waals surface area contributed by atoms with Crippen molar-refractivity contribution in [3.63, 3.8) is 0 Å². The van der Waals surface area contributed by atoms with Crippen LogP contribution in [0.4, 0.5) is 0 Å². The molecule has 0 aliphatic heterocycles. The van der Waals surface area contributed by atoms with Crippen molar-refractivity contribution in [1.82, 2.24) is 0 Å². The number of rotatable bonds is 1. The first-order valence-corrected chi connectivity index (χ1v) is 4.40. The first kappa shape index (κ1) is 7.55. The van der Waals surface area contributed by atoms with Gasteiger partial charge in [0.1, 0.15) is 0 Å².